The highest BCUT2D eigenvalue weighted by Crippen LogP contribution is 2.35. The zero-order valence-corrected chi connectivity index (χ0v) is 9.68. The summed E-state index contributed by atoms with van der Waals surface area (Å²) in [6.07, 6.45) is -4.86. The maximum atomic E-state index is 12.1. The topological polar surface area (TPSA) is 29.5 Å². The summed E-state index contributed by atoms with van der Waals surface area (Å²) in [6, 6.07) is 0. The summed E-state index contributed by atoms with van der Waals surface area (Å²) in [6.45, 7) is 4.23. The van der Waals surface area contributed by atoms with Crippen molar-refractivity contribution in [3.05, 3.63) is 0 Å². The average Bonchev–Trinajstić information content (AvgIpc) is 2.14. The molecule has 0 aromatic rings. The van der Waals surface area contributed by atoms with Gasteiger partial charge in [0.1, 0.15) is 0 Å². The predicted octanol–water partition coefficient (Wildman–Crippen LogP) is 2.90. The van der Waals surface area contributed by atoms with Gasteiger partial charge in [-0.1, -0.05) is 13.8 Å². The molecule has 5 heteroatoms. The molecule has 0 amide bonds. The normalized spacial score (nSPS) is 32.1. The molecule has 16 heavy (non-hydrogen) atoms. The third-order valence-corrected chi connectivity index (χ3v) is 3.10. The lowest BCUT2D eigenvalue weighted by atomic mass is 9.83. The van der Waals surface area contributed by atoms with Gasteiger partial charge in [-0.05, 0) is 18.8 Å². The molecule has 96 valence electrons. The Morgan fingerprint density at radius 2 is 2.06 bits per heavy atom. The molecule has 0 radical (unpaired) electrons. The van der Waals surface area contributed by atoms with Crippen molar-refractivity contribution < 1.29 is 23.0 Å². The van der Waals surface area contributed by atoms with Gasteiger partial charge in [0.25, 0.3) is 0 Å². The predicted molar refractivity (Wildman–Crippen MR) is 54.1 cm³/mol. The second kappa shape index (κ2) is 4.92. The zero-order valence-electron chi connectivity index (χ0n) is 9.68. The highest BCUT2D eigenvalue weighted by Gasteiger charge is 2.39. The van der Waals surface area contributed by atoms with Gasteiger partial charge in [-0.2, -0.15) is 13.2 Å². The van der Waals surface area contributed by atoms with Crippen LogP contribution in [-0.4, -0.2) is 29.6 Å². The molecule has 1 fully saturated rings. The van der Waals surface area contributed by atoms with Crippen molar-refractivity contribution in [2.45, 2.75) is 57.4 Å². The van der Waals surface area contributed by atoms with Crippen molar-refractivity contribution in [2.24, 2.45) is 5.92 Å². The maximum absolute atomic E-state index is 12.1. The van der Waals surface area contributed by atoms with Crippen LogP contribution in [0.4, 0.5) is 13.2 Å². The highest BCUT2D eigenvalue weighted by molar-refractivity contribution is 4.87. The number of halogens is 3. The number of alkyl halides is 3. The van der Waals surface area contributed by atoms with E-state index in [-0.39, 0.29) is 18.4 Å². The summed E-state index contributed by atoms with van der Waals surface area (Å²) in [7, 11) is 0. The molecular weight excluding hydrogens is 221 g/mol. The van der Waals surface area contributed by atoms with E-state index in [0.29, 0.717) is 19.4 Å². The summed E-state index contributed by atoms with van der Waals surface area (Å²) in [5.74, 6) is 0.220. The second-order valence-electron chi connectivity index (χ2n) is 4.95. The van der Waals surface area contributed by atoms with Crippen LogP contribution in [0.2, 0.25) is 0 Å². The first kappa shape index (κ1) is 13.8. The molecule has 2 unspecified atom stereocenters. The van der Waals surface area contributed by atoms with Gasteiger partial charge < -0.3 is 9.84 Å². The van der Waals surface area contributed by atoms with Gasteiger partial charge in [0.2, 0.25) is 0 Å². The quantitative estimate of drug-likeness (QED) is 0.822. The standard InChI is InChI=1S/C11H19F3O2/c1-8(2)9-7-10(15,5-6-16-9)3-4-11(12,13)14/h8-9,15H,3-7H2,1-2H3. The van der Waals surface area contributed by atoms with Gasteiger partial charge in [-0.15, -0.1) is 0 Å². The fourth-order valence-electron chi connectivity index (χ4n) is 1.97. The monoisotopic (exact) mass is 240 g/mol. The Bertz CT molecular complexity index is 228. The van der Waals surface area contributed by atoms with Crippen molar-refractivity contribution in [2.75, 3.05) is 6.61 Å². The van der Waals surface area contributed by atoms with E-state index in [9.17, 15) is 18.3 Å². The van der Waals surface area contributed by atoms with E-state index in [2.05, 4.69) is 0 Å². The lowest BCUT2D eigenvalue weighted by Gasteiger charge is -2.38. The molecule has 1 aliphatic heterocycles. The van der Waals surface area contributed by atoms with Crippen LogP contribution in [0.5, 0.6) is 0 Å². The number of hydrogen-bond donors (Lipinski definition) is 1. The van der Waals surface area contributed by atoms with Crippen molar-refractivity contribution in [3.63, 3.8) is 0 Å². The first-order valence-electron chi connectivity index (χ1n) is 5.63. The van der Waals surface area contributed by atoms with Crippen LogP contribution in [-0.2, 0) is 4.74 Å². The van der Waals surface area contributed by atoms with Crippen LogP contribution >= 0.6 is 0 Å². The fourth-order valence-corrected chi connectivity index (χ4v) is 1.97. The van der Waals surface area contributed by atoms with E-state index < -0.39 is 18.2 Å². The first-order chi connectivity index (χ1) is 7.22. The van der Waals surface area contributed by atoms with Gasteiger partial charge in [-0.3, -0.25) is 0 Å². The minimum absolute atomic E-state index is 0.132. The lowest BCUT2D eigenvalue weighted by molar-refractivity contribution is -0.165. The van der Waals surface area contributed by atoms with Crippen LogP contribution in [0.1, 0.15) is 39.5 Å². The second-order valence-corrected chi connectivity index (χ2v) is 4.95. The summed E-state index contributed by atoms with van der Waals surface area (Å²) in [5, 5.41) is 10.1. The van der Waals surface area contributed by atoms with E-state index in [1.165, 1.54) is 0 Å². The number of ether oxygens (including phenoxy) is 1. The van der Waals surface area contributed by atoms with Crippen molar-refractivity contribution >= 4 is 0 Å². The van der Waals surface area contributed by atoms with Crippen molar-refractivity contribution in [3.8, 4) is 0 Å². The Morgan fingerprint density at radius 3 is 2.56 bits per heavy atom. The Labute approximate surface area is 93.8 Å². The van der Waals surface area contributed by atoms with E-state index in [4.69, 9.17) is 4.74 Å². The molecule has 0 aromatic carbocycles. The Balaban J connectivity index is 2.49. The first-order valence-corrected chi connectivity index (χ1v) is 5.63. The average molecular weight is 240 g/mol. The van der Waals surface area contributed by atoms with Crippen LogP contribution in [0, 0.1) is 5.92 Å². The van der Waals surface area contributed by atoms with Gasteiger partial charge in [0, 0.05) is 19.4 Å². The lowest BCUT2D eigenvalue weighted by Crippen LogP contribution is -2.43. The molecule has 2 nitrogen and oxygen atoms in total. The van der Waals surface area contributed by atoms with E-state index in [1.54, 1.807) is 0 Å². The molecule has 2 atom stereocenters. The SMILES string of the molecule is CC(C)C1CC(O)(CCC(F)(F)F)CCO1. The van der Waals surface area contributed by atoms with E-state index >= 15 is 0 Å². The van der Waals surface area contributed by atoms with Gasteiger partial charge in [0.15, 0.2) is 0 Å². The molecule has 1 rings (SSSR count). The molecular formula is C11H19F3O2. The molecule has 1 aliphatic rings. The van der Waals surface area contributed by atoms with Crippen molar-refractivity contribution in [1.29, 1.82) is 0 Å². The van der Waals surface area contributed by atoms with Crippen LogP contribution in [0.15, 0.2) is 0 Å². The molecule has 0 bridgehead atoms. The number of rotatable bonds is 3. The minimum atomic E-state index is -4.19. The highest BCUT2D eigenvalue weighted by atomic mass is 19.4. The maximum Gasteiger partial charge on any atom is 0.389 e. The smallest absolute Gasteiger partial charge is 0.389 e. The van der Waals surface area contributed by atoms with Crippen LogP contribution in [0.25, 0.3) is 0 Å². The van der Waals surface area contributed by atoms with Gasteiger partial charge in [-0.25, -0.2) is 0 Å². The number of aliphatic hydroxyl groups is 1. The summed E-state index contributed by atoms with van der Waals surface area (Å²) in [5.41, 5.74) is -1.21. The fraction of sp³-hybridized carbons (Fsp3) is 1.00. The summed E-state index contributed by atoms with van der Waals surface area (Å²) < 4.78 is 41.7. The molecule has 1 N–H and O–H groups in total. The summed E-state index contributed by atoms with van der Waals surface area (Å²) in [4.78, 5) is 0. The zero-order chi connectivity index (χ0) is 12.4. The Kier molecular flexibility index (Phi) is 4.23. The Morgan fingerprint density at radius 1 is 1.44 bits per heavy atom. The van der Waals surface area contributed by atoms with Gasteiger partial charge >= 0.3 is 6.18 Å². The van der Waals surface area contributed by atoms with Crippen molar-refractivity contribution in [1.82, 2.24) is 0 Å². The third-order valence-electron chi connectivity index (χ3n) is 3.10. The molecule has 1 heterocycles. The van der Waals surface area contributed by atoms with E-state index in [0.717, 1.165) is 0 Å². The van der Waals surface area contributed by atoms with E-state index in [1.807, 2.05) is 13.8 Å². The largest absolute Gasteiger partial charge is 0.390 e. The van der Waals surface area contributed by atoms with Gasteiger partial charge in [0.05, 0.1) is 11.7 Å². The Hall–Kier alpha value is -0.290. The third kappa shape index (κ3) is 4.29. The molecule has 0 aromatic heterocycles. The number of hydrogen-bond acceptors (Lipinski definition) is 2. The minimum Gasteiger partial charge on any atom is -0.390 e. The molecule has 0 saturated carbocycles. The molecule has 0 spiro atoms. The van der Waals surface area contributed by atoms with Crippen LogP contribution in [0.3, 0.4) is 0 Å². The molecule has 1 saturated heterocycles. The molecule has 0 aliphatic carbocycles. The summed E-state index contributed by atoms with van der Waals surface area (Å²) >= 11 is 0. The van der Waals surface area contributed by atoms with Crippen LogP contribution < -0.4 is 0 Å².